The first kappa shape index (κ1) is 12.5. The van der Waals surface area contributed by atoms with E-state index in [0.29, 0.717) is 18.1 Å². The van der Waals surface area contributed by atoms with Gasteiger partial charge in [0.25, 0.3) is 0 Å². The lowest BCUT2D eigenvalue weighted by Gasteiger charge is -2.26. The minimum atomic E-state index is -0.232. The van der Waals surface area contributed by atoms with Gasteiger partial charge in [0.1, 0.15) is 5.78 Å². The molecule has 18 heavy (non-hydrogen) atoms. The number of rotatable bonds is 1. The average molecular weight is 264 g/mol. The highest BCUT2D eigenvalue weighted by Crippen LogP contribution is 2.67. The van der Waals surface area contributed by atoms with Crippen molar-refractivity contribution >= 4 is 22.7 Å². The van der Waals surface area contributed by atoms with Crippen LogP contribution in [0.3, 0.4) is 0 Å². The summed E-state index contributed by atoms with van der Waals surface area (Å²) in [4.78, 5) is 24.5. The predicted molar refractivity (Wildman–Crippen MR) is 73.3 cm³/mol. The third kappa shape index (κ3) is 1.43. The first-order valence-electron chi connectivity index (χ1n) is 6.75. The predicted octanol–water partition coefficient (Wildman–Crippen LogP) is 3.36. The summed E-state index contributed by atoms with van der Waals surface area (Å²) in [6.07, 6.45) is 6.25. The van der Waals surface area contributed by atoms with E-state index in [2.05, 4.69) is 13.8 Å². The van der Waals surface area contributed by atoms with E-state index in [-0.39, 0.29) is 15.9 Å². The standard InChI is InChI=1S/C15H20O2S/c1-14(2)7-9-6-10(13(17)18-3)11-4-5-12(16)15(9,11)8-14/h9H,4-8H2,1-3H3. The molecule has 0 aliphatic heterocycles. The average Bonchev–Trinajstić information content (AvgIpc) is 2.84. The molecule has 0 amide bonds. The summed E-state index contributed by atoms with van der Waals surface area (Å²) < 4.78 is 0. The zero-order chi connectivity index (χ0) is 13.1. The molecule has 0 N–H and O–H groups in total. The Balaban J connectivity index is 2.10. The van der Waals surface area contributed by atoms with Gasteiger partial charge in [-0.05, 0) is 48.8 Å². The van der Waals surface area contributed by atoms with E-state index < -0.39 is 0 Å². The van der Waals surface area contributed by atoms with Crippen LogP contribution in [0.2, 0.25) is 0 Å². The van der Waals surface area contributed by atoms with E-state index in [9.17, 15) is 9.59 Å². The van der Waals surface area contributed by atoms with Gasteiger partial charge in [-0.2, -0.15) is 0 Å². The van der Waals surface area contributed by atoms with Crippen molar-refractivity contribution in [1.82, 2.24) is 0 Å². The third-order valence-corrected chi connectivity index (χ3v) is 5.76. The Morgan fingerprint density at radius 2 is 2.06 bits per heavy atom. The van der Waals surface area contributed by atoms with E-state index in [1.54, 1.807) is 0 Å². The first-order valence-corrected chi connectivity index (χ1v) is 7.97. The monoisotopic (exact) mass is 264 g/mol. The van der Waals surface area contributed by atoms with Gasteiger partial charge in [0, 0.05) is 12.0 Å². The van der Waals surface area contributed by atoms with Gasteiger partial charge in [0.05, 0.1) is 5.41 Å². The van der Waals surface area contributed by atoms with E-state index in [0.717, 1.165) is 31.3 Å². The molecule has 3 aliphatic carbocycles. The zero-order valence-electron chi connectivity index (χ0n) is 11.3. The molecule has 2 nitrogen and oxygen atoms in total. The fraction of sp³-hybridized carbons (Fsp3) is 0.733. The molecule has 3 aliphatic rings. The normalized spacial score (nSPS) is 37.1. The quantitative estimate of drug-likeness (QED) is 0.728. The summed E-state index contributed by atoms with van der Waals surface area (Å²) in [5.41, 5.74) is 2.24. The molecular formula is C15H20O2S. The number of hydrogen-bond donors (Lipinski definition) is 0. The molecule has 0 aromatic rings. The fourth-order valence-electron chi connectivity index (χ4n) is 4.71. The van der Waals surface area contributed by atoms with Crippen LogP contribution in [-0.2, 0) is 9.59 Å². The van der Waals surface area contributed by atoms with Crippen molar-refractivity contribution in [3.8, 4) is 0 Å². The molecule has 2 unspecified atom stereocenters. The molecule has 2 fully saturated rings. The Labute approximate surface area is 113 Å². The number of ketones is 1. The third-order valence-electron chi connectivity index (χ3n) is 5.14. The Hall–Kier alpha value is -0.570. The van der Waals surface area contributed by atoms with E-state index in [1.807, 2.05) is 6.26 Å². The van der Waals surface area contributed by atoms with Gasteiger partial charge >= 0.3 is 0 Å². The maximum atomic E-state index is 12.5. The van der Waals surface area contributed by atoms with E-state index >= 15 is 0 Å². The van der Waals surface area contributed by atoms with Crippen molar-refractivity contribution in [3.63, 3.8) is 0 Å². The minimum Gasteiger partial charge on any atom is -0.299 e. The van der Waals surface area contributed by atoms with Crippen LogP contribution in [0.1, 0.15) is 46.0 Å². The van der Waals surface area contributed by atoms with Gasteiger partial charge in [-0.3, -0.25) is 9.59 Å². The Bertz CT molecular complexity index is 475. The van der Waals surface area contributed by atoms with Gasteiger partial charge in [-0.1, -0.05) is 25.6 Å². The highest BCUT2D eigenvalue weighted by molar-refractivity contribution is 8.13. The summed E-state index contributed by atoms with van der Waals surface area (Å²) in [5, 5.41) is 0.200. The van der Waals surface area contributed by atoms with Crippen molar-refractivity contribution in [3.05, 3.63) is 11.1 Å². The van der Waals surface area contributed by atoms with Crippen molar-refractivity contribution < 1.29 is 9.59 Å². The zero-order valence-corrected chi connectivity index (χ0v) is 12.2. The van der Waals surface area contributed by atoms with Crippen LogP contribution in [0.25, 0.3) is 0 Å². The lowest BCUT2D eigenvalue weighted by Crippen LogP contribution is -2.28. The van der Waals surface area contributed by atoms with Gasteiger partial charge in [0.2, 0.25) is 5.12 Å². The smallest absolute Gasteiger partial charge is 0.215 e. The number of thioether (sulfide) groups is 1. The van der Waals surface area contributed by atoms with E-state index in [4.69, 9.17) is 0 Å². The highest BCUT2D eigenvalue weighted by atomic mass is 32.2. The summed E-state index contributed by atoms with van der Waals surface area (Å²) >= 11 is 1.30. The van der Waals surface area contributed by atoms with Gasteiger partial charge in [-0.25, -0.2) is 0 Å². The number of hydrogen-bond acceptors (Lipinski definition) is 3. The molecular weight excluding hydrogens is 244 g/mol. The van der Waals surface area contributed by atoms with Crippen molar-refractivity contribution in [2.45, 2.75) is 46.0 Å². The van der Waals surface area contributed by atoms with Gasteiger partial charge in [0.15, 0.2) is 0 Å². The SMILES string of the molecule is CSC(=O)C1=C2CCC(=O)C23CC(C)(C)CC3C1. The van der Waals surface area contributed by atoms with Crippen LogP contribution in [0.15, 0.2) is 11.1 Å². The Morgan fingerprint density at radius 1 is 1.33 bits per heavy atom. The lowest BCUT2D eigenvalue weighted by molar-refractivity contribution is -0.126. The van der Waals surface area contributed by atoms with Crippen LogP contribution < -0.4 is 0 Å². The largest absolute Gasteiger partial charge is 0.299 e. The van der Waals surface area contributed by atoms with Crippen LogP contribution in [0.5, 0.6) is 0 Å². The summed E-state index contributed by atoms with van der Waals surface area (Å²) in [7, 11) is 0. The fourth-order valence-corrected chi connectivity index (χ4v) is 5.16. The second-order valence-corrected chi connectivity index (χ2v) is 7.57. The molecule has 0 bridgehead atoms. The van der Waals surface area contributed by atoms with Crippen molar-refractivity contribution in [2.75, 3.05) is 6.26 Å². The number of carbonyl (C=O) groups excluding carboxylic acids is 2. The molecule has 0 heterocycles. The Morgan fingerprint density at radius 3 is 2.72 bits per heavy atom. The second kappa shape index (κ2) is 3.72. The molecule has 0 aromatic carbocycles. The molecule has 0 saturated heterocycles. The molecule has 2 saturated carbocycles. The molecule has 3 heteroatoms. The number of carbonyl (C=O) groups is 2. The molecule has 3 rings (SSSR count). The molecule has 98 valence electrons. The van der Waals surface area contributed by atoms with Gasteiger partial charge < -0.3 is 0 Å². The highest BCUT2D eigenvalue weighted by Gasteiger charge is 2.62. The number of Topliss-reactive ketones (excluding diaryl/α,β-unsaturated/α-hetero) is 1. The molecule has 0 aromatic heterocycles. The minimum absolute atomic E-state index is 0.200. The number of allylic oxidation sites excluding steroid dienone is 1. The van der Waals surface area contributed by atoms with Crippen LogP contribution >= 0.6 is 11.8 Å². The summed E-state index contributed by atoms with van der Waals surface area (Å²) in [5.74, 6) is 0.820. The van der Waals surface area contributed by atoms with Crippen LogP contribution in [0.4, 0.5) is 0 Å². The summed E-state index contributed by atoms with van der Waals surface area (Å²) in [6.45, 7) is 4.53. The summed E-state index contributed by atoms with van der Waals surface area (Å²) in [6, 6.07) is 0. The first-order chi connectivity index (χ1) is 8.40. The lowest BCUT2D eigenvalue weighted by atomic mass is 9.75. The topological polar surface area (TPSA) is 34.1 Å². The van der Waals surface area contributed by atoms with Crippen LogP contribution in [-0.4, -0.2) is 17.2 Å². The molecule has 1 spiro atoms. The van der Waals surface area contributed by atoms with Crippen molar-refractivity contribution in [1.29, 1.82) is 0 Å². The maximum absolute atomic E-state index is 12.5. The Kier molecular flexibility index (Phi) is 2.58. The second-order valence-electron chi connectivity index (χ2n) is 6.79. The maximum Gasteiger partial charge on any atom is 0.215 e. The van der Waals surface area contributed by atoms with Crippen molar-refractivity contribution in [2.24, 2.45) is 16.7 Å². The van der Waals surface area contributed by atoms with Gasteiger partial charge in [-0.15, -0.1) is 0 Å². The van der Waals surface area contributed by atoms with Crippen LogP contribution in [0, 0.1) is 16.7 Å². The molecule has 2 atom stereocenters. The molecule has 0 radical (unpaired) electrons. The van der Waals surface area contributed by atoms with E-state index in [1.165, 1.54) is 17.3 Å².